The Hall–Kier alpha value is -3.61. The number of imidazole rings is 1. The summed E-state index contributed by atoms with van der Waals surface area (Å²) >= 11 is 0. The van der Waals surface area contributed by atoms with Crippen LogP contribution in [0.25, 0.3) is 5.69 Å². The largest absolute Gasteiger partial charge is 0.351 e. The number of benzene rings is 2. The van der Waals surface area contributed by atoms with Gasteiger partial charge in [-0.3, -0.25) is 4.79 Å². The average molecular weight is 321 g/mol. The van der Waals surface area contributed by atoms with E-state index >= 15 is 0 Å². The Morgan fingerprint density at radius 1 is 1.00 bits per heavy atom. The summed E-state index contributed by atoms with van der Waals surface area (Å²) in [6.07, 6.45) is 5.23. The Morgan fingerprint density at radius 3 is 2.46 bits per heavy atom. The minimum Gasteiger partial charge on any atom is -0.351 e. The molecule has 0 aliphatic carbocycles. The molecule has 0 bridgehead atoms. The molecule has 3 aromatic rings. The molecule has 1 aromatic heterocycles. The molecule has 4 N–H and O–H groups in total. The molecule has 0 spiro atoms. The number of urea groups is 1. The number of nitrogens with zero attached hydrogens (tertiary/aromatic N) is 2. The van der Waals surface area contributed by atoms with Crippen LogP contribution in [-0.2, 0) is 0 Å². The van der Waals surface area contributed by atoms with Crippen LogP contribution in [0.2, 0.25) is 0 Å². The van der Waals surface area contributed by atoms with E-state index in [-0.39, 0.29) is 5.91 Å². The summed E-state index contributed by atoms with van der Waals surface area (Å²) < 4.78 is 1.87. The predicted molar refractivity (Wildman–Crippen MR) is 91.2 cm³/mol. The van der Waals surface area contributed by atoms with Crippen LogP contribution in [0.4, 0.5) is 16.2 Å². The van der Waals surface area contributed by atoms with Crippen LogP contribution < -0.4 is 16.4 Å². The lowest BCUT2D eigenvalue weighted by Crippen LogP contribution is -2.19. The minimum atomic E-state index is -0.678. The first-order valence-electron chi connectivity index (χ1n) is 7.18. The van der Waals surface area contributed by atoms with Crippen LogP contribution in [0.3, 0.4) is 0 Å². The summed E-state index contributed by atoms with van der Waals surface area (Å²) in [6.45, 7) is 0. The molecule has 0 aliphatic heterocycles. The molecule has 0 fully saturated rings. The number of anilines is 2. The van der Waals surface area contributed by atoms with Gasteiger partial charge in [-0.1, -0.05) is 6.07 Å². The number of aromatic nitrogens is 2. The van der Waals surface area contributed by atoms with Gasteiger partial charge in [-0.15, -0.1) is 0 Å². The number of rotatable bonds is 4. The molecule has 3 amide bonds. The minimum absolute atomic E-state index is 0.279. The number of carbonyl (C=O) groups excluding carboxylic acids is 2. The van der Waals surface area contributed by atoms with Gasteiger partial charge in [-0.2, -0.15) is 0 Å². The van der Waals surface area contributed by atoms with Crippen molar-refractivity contribution in [3.05, 3.63) is 72.8 Å². The number of hydrogen-bond acceptors (Lipinski definition) is 3. The lowest BCUT2D eigenvalue weighted by atomic mass is 10.2. The number of nitrogens with one attached hydrogen (secondary N) is 2. The second-order valence-corrected chi connectivity index (χ2v) is 5.04. The normalized spacial score (nSPS) is 10.2. The summed E-state index contributed by atoms with van der Waals surface area (Å²) in [5.41, 5.74) is 7.56. The van der Waals surface area contributed by atoms with Gasteiger partial charge in [-0.05, 0) is 42.5 Å². The number of hydrogen-bond donors (Lipinski definition) is 3. The highest BCUT2D eigenvalue weighted by Crippen LogP contribution is 2.16. The summed E-state index contributed by atoms with van der Waals surface area (Å²) in [6, 6.07) is 13.2. The van der Waals surface area contributed by atoms with Gasteiger partial charge in [0.25, 0.3) is 5.91 Å². The Balaban J connectivity index is 1.71. The topological polar surface area (TPSA) is 102 Å². The zero-order valence-corrected chi connectivity index (χ0v) is 12.6. The lowest BCUT2D eigenvalue weighted by molar-refractivity contribution is 0.102. The zero-order valence-electron chi connectivity index (χ0n) is 12.6. The van der Waals surface area contributed by atoms with E-state index in [1.807, 2.05) is 22.9 Å². The second-order valence-electron chi connectivity index (χ2n) is 5.04. The summed E-state index contributed by atoms with van der Waals surface area (Å²) in [7, 11) is 0. The van der Waals surface area contributed by atoms with E-state index in [4.69, 9.17) is 5.73 Å². The molecule has 0 radical (unpaired) electrons. The molecule has 0 aliphatic rings. The van der Waals surface area contributed by atoms with Crippen molar-refractivity contribution in [3.63, 3.8) is 0 Å². The monoisotopic (exact) mass is 321 g/mol. The third-order valence-electron chi connectivity index (χ3n) is 3.32. The first-order valence-corrected chi connectivity index (χ1v) is 7.18. The Kier molecular flexibility index (Phi) is 4.24. The van der Waals surface area contributed by atoms with Gasteiger partial charge < -0.3 is 20.9 Å². The van der Waals surface area contributed by atoms with Gasteiger partial charge in [0.15, 0.2) is 0 Å². The van der Waals surface area contributed by atoms with Crippen LogP contribution in [-0.4, -0.2) is 21.5 Å². The summed E-state index contributed by atoms with van der Waals surface area (Å²) in [4.78, 5) is 27.2. The van der Waals surface area contributed by atoms with E-state index < -0.39 is 6.03 Å². The fourth-order valence-corrected chi connectivity index (χ4v) is 2.21. The highest BCUT2D eigenvalue weighted by Gasteiger charge is 2.08. The standard InChI is InChI=1S/C17H15N5O2/c18-17(24)21-14-3-1-2-12(10-14)16(23)20-13-4-6-15(7-5-13)22-9-8-19-11-22/h1-11H,(H,20,23)(H3,18,21,24). The van der Waals surface area contributed by atoms with Crippen molar-refractivity contribution in [2.24, 2.45) is 5.73 Å². The second kappa shape index (κ2) is 6.66. The number of carbonyl (C=O) groups is 2. The Morgan fingerprint density at radius 2 is 1.79 bits per heavy atom. The zero-order chi connectivity index (χ0) is 16.9. The number of primary amides is 1. The molecule has 3 rings (SSSR count). The van der Waals surface area contributed by atoms with Crippen LogP contribution in [0, 0.1) is 0 Å². The maximum absolute atomic E-state index is 12.3. The smallest absolute Gasteiger partial charge is 0.316 e. The van der Waals surface area contributed by atoms with E-state index in [9.17, 15) is 9.59 Å². The first kappa shape index (κ1) is 15.3. The Labute approximate surface area is 138 Å². The molecular formula is C17H15N5O2. The van der Waals surface area contributed by atoms with Crippen molar-refractivity contribution >= 4 is 23.3 Å². The highest BCUT2D eigenvalue weighted by atomic mass is 16.2. The lowest BCUT2D eigenvalue weighted by Gasteiger charge is -2.08. The van der Waals surface area contributed by atoms with Gasteiger partial charge in [0, 0.05) is 35.0 Å². The molecule has 0 saturated carbocycles. The maximum atomic E-state index is 12.3. The van der Waals surface area contributed by atoms with Crippen molar-refractivity contribution in [2.45, 2.75) is 0 Å². The van der Waals surface area contributed by atoms with Crippen LogP contribution in [0.15, 0.2) is 67.3 Å². The van der Waals surface area contributed by atoms with Gasteiger partial charge in [0.05, 0.1) is 6.33 Å². The number of amides is 3. The van der Waals surface area contributed by atoms with Gasteiger partial charge in [0.2, 0.25) is 0 Å². The molecule has 24 heavy (non-hydrogen) atoms. The third-order valence-corrected chi connectivity index (χ3v) is 3.32. The molecule has 7 heteroatoms. The SMILES string of the molecule is NC(=O)Nc1cccc(C(=O)Nc2ccc(-n3ccnc3)cc2)c1. The van der Waals surface area contributed by atoms with E-state index in [1.54, 1.807) is 48.9 Å². The van der Waals surface area contributed by atoms with Crippen LogP contribution in [0.5, 0.6) is 0 Å². The quantitative estimate of drug-likeness (QED) is 0.688. The number of nitrogens with two attached hydrogens (primary N) is 1. The fourth-order valence-electron chi connectivity index (χ4n) is 2.21. The predicted octanol–water partition coefficient (Wildman–Crippen LogP) is 2.62. The van der Waals surface area contributed by atoms with Gasteiger partial charge >= 0.3 is 6.03 Å². The van der Waals surface area contributed by atoms with Crippen molar-refractivity contribution < 1.29 is 9.59 Å². The van der Waals surface area contributed by atoms with E-state index in [0.29, 0.717) is 16.9 Å². The summed E-state index contributed by atoms with van der Waals surface area (Å²) in [5.74, 6) is -0.279. The van der Waals surface area contributed by atoms with E-state index in [1.165, 1.54) is 0 Å². The van der Waals surface area contributed by atoms with Gasteiger partial charge in [-0.25, -0.2) is 9.78 Å². The maximum Gasteiger partial charge on any atom is 0.316 e. The Bertz CT molecular complexity index is 857. The molecular weight excluding hydrogens is 306 g/mol. The van der Waals surface area contributed by atoms with Crippen molar-refractivity contribution in [3.8, 4) is 5.69 Å². The van der Waals surface area contributed by atoms with E-state index in [0.717, 1.165) is 5.69 Å². The van der Waals surface area contributed by atoms with Crippen molar-refractivity contribution in [1.82, 2.24) is 9.55 Å². The molecule has 0 atom stereocenters. The molecule has 1 heterocycles. The molecule has 0 saturated heterocycles. The summed E-state index contributed by atoms with van der Waals surface area (Å²) in [5, 5.41) is 5.24. The van der Waals surface area contributed by atoms with Gasteiger partial charge in [0.1, 0.15) is 0 Å². The first-order chi connectivity index (χ1) is 11.6. The van der Waals surface area contributed by atoms with Crippen LogP contribution >= 0.6 is 0 Å². The molecule has 120 valence electrons. The molecule has 0 unspecified atom stereocenters. The molecule has 2 aromatic carbocycles. The fraction of sp³-hybridized carbons (Fsp3) is 0. The average Bonchev–Trinajstić information content (AvgIpc) is 3.09. The third kappa shape index (κ3) is 3.58. The van der Waals surface area contributed by atoms with E-state index in [2.05, 4.69) is 15.6 Å². The van der Waals surface area contributed by atoms with Crippen LogP contribution in [0.1, 0.15) is 10.4 Å². The van der Waals surface area contributed by atoms with Crippen molar-refractivity contribution in [2.75, 3.05) is 10.6 Å². The van der Waals surface area contributed by atoms with Crippen molar-refractivity contribution in [1.29, 1.82) is 0 Å². The molecule has 7 nitrogen and oxygen atoms in total. The highest BCUT2D eigenvalue weighted by molar-refractivity contribution is 6.05.